The van der Waals surface area contributed by atoms with Gasteiger partial charge in [0.2, 0.25) is 11.8 Å². The second-order valence-corrected chi connectivity index (χ2v) is 5.14. The van der Waals surface area contributed by atoms with Crippen molar-refractivity contribution in [1.29, 1.82) is 0 Å². The molecule has 1 N–H and O–H groups in total. The van der Waals surface area contributed by atoms with Crippen LogP contribution in [0.3, 0.4) is 0 Å². The average Bonchev–Trinajstić information content (AvgIpc) is 2.92. The molecule has 1 aromatic rings. The zero-order chi connectivity index (χ0) is 15.2. The quantitative estimate of drug-likeness (QED) is 0.804. The van der Waals surface area contributed by atoms with E-state index < -0.39 is 0 Å². The Kier molecular flexibility index (Phi) is 4.98. The van der Waals surface area contributed by atoms with Gasteiger partial charge in [0.15, 0.2) is 0 Å². The zero-order valence-electron chi connectivity index (χ0n) is 12.2. The van der Waals surface area contributed by atoms with E-state index >= 15 is 0 Å². The van der Waals surface area contributed by atoms with Crippen LogP contribution in [0.25, 0.3) is 0 Å². The van der Waals surface area contributed by atoms with Crippen molar-refractivity contribution in [2.45, 2.75) is 13.0 Å². The van der Waals surface area contributed by atoms with Gasteiger partial charge in [0.05, 0.1) is 5.92 Å². The van der Waals surface area contributed by atoms with E-state index in [0.717, 1.165) is 11.3 Å². The number of hydrogen-bond acceptors (Lipinski definition) is 3. The Labute approximate surface area is 124 Å². The first kappa shape index (κ1) is 15.1. The fourth-order valence-electron chi connectivity index (χ4n) is 2.29. The van der Waals surface area contributed by atoms with Gasteiger partial charge >= 0.3 is 0 Å². The van der Waals surface area contributed by atoms with E-state index in [-0.39, 0.29) is 24.2 Å². The van der Waals surface area contributed by atoms with Gasteiger partial charge in [-0.25, -0.2) is 0 Å². The first-order valence-electron chi connectivity index (χ1n) is 6.94. The van der Waals surface area contributed by atoms with Crippen molar-refractivity contribution in [3.05, 3.63) is 42.5 Å². The van der Waals surface area contributed by atoms with Crippen LogP contribution in [0.4, 0.5) is 0 Å². The first-order valence-corrected chi connectivity index (χ1v) is 6.94. The highest BCUT2D eigenvalue weighted by molar-refractivity contribution is 5.89. The van der Waals surface area contributed by atoms with Gasteiger partial charge in [0.1, 0.15) is 12.4 Å². The number of carbonyl (C=O) groups excluding carboxylic acids is 2. The maximum atomic E-state index is 12.2. The summed E-state index contributed by atoms with van der Waals surface area (Å²) in [6.45, 7) is 5.03. The predicted octanol–water partition coefficient (Wildman–Crippen LogP) is 1.35. The van der Waals surface area contributed by atoms with Crippen molar-refractivity contribution in [3.63, 3.8) is 0 Å². The first-order chi connectivity index (χ1) is 10.1. The van der Waals surface area contributed by atoms with Crippen LogP contribution in [-0.4, -0.2) is 36.9 Å². The topological polar surface area (TPSA) is 58.6 Å². The van der Waals surface area contributed by atoms with Gasteiger partial charge in [0, 0.05) is 26.6 Å². The van der Waals surface area contributed by atoms with Gasteiger partial charge in [-0.2, -0.15) is 0 Å². The summed E-state index contributed by atoms with van der Waals surface area (Å²) in [6.07, 6.45) is 1.98. The van der Waals surface area contributed by atoms with Crippen LogP contribution in [0.2, 0.25) is 0 Å². The van der Waals surface area contributed by atoms with Crippen molar-refractivity contribution in [3.8, 4) is 5.75 Å². The summed E-state index contributed by atoms with van der Waals surface area (Å²) < 4.78 is 5.41. The van der Waals surface area contributed by atoms with Crippen molar-refractivity contribution >= 4 is 11.8 Å². The van der Waals surface area contributed by atoms with Crippen LogP contribution in [0.15, 0.2) is 36.9 Å². The minimum atomic E-state index is -0.238. The second-order valence-electron chi connectivity index (χ2n) is 5.14. The summed E-state index contributed by atoms with van der Waals surface area (Å²) in [4.78, 5) is 25.0. The fourth-order valence-corrected chi connectivity index (χ4v) is 2.29. The number of nitrogens with zero attached hydrogens (tertiary/aromatic N) is 1. The number of rotatable bonds is 6. The molecule has 0 radical (unpaired) electrons. The molecule has 1 aliphatic rings. The Bertz CT molecular complexity index is 525. The van der Waals surface area contributed by atoms with E-state index in [9.17, 15) is 9.59 Å². The Balaban J connectivity index is 1.89. The molecule has 5 nitrogen and oxygen atoms in total. The van der Waals surface area contributed by atoms with Crippen molar-refractivity contribution in [2.75, 3.05) is 20.2 Å². The lowest BCUT2D eigenvalue weighted by atomic mass is 10.1. The van der Waals surface area contributed by atoms with E-state index in [0.29, 0.717) is 19.7 Å². The highest BCUT2D eigenvalue weighted by Gasteiger charge is 2.29. The molecular formula is C16H20N2O3. The number of ether oxygens (including phenoxy) is 1. The lowest BCUT2D eigenvalue weighted by molar-refractivity contribution is -0.135. The summed E-state index contributed by atoms with van der Waals surface area (Å²) in [5.41, 5.74) is 1.02. The summed E-state index contributed by atoms with van der Waals surface area (Å²) in [7, 11) is 1.76. The van der Waals surface area contributed by atoms with E-state index in [1.807, 2.05) is 24.3 Å². The molecule has 0 spiro atoms. The fraction of sp³-hybridized carbons (Fsp3) is 0.375. The summed E-state index contributed by atoms with van der Waals surface area (Å²) in [6, 6.07) is 7.61. The van der Waals surface area contributed by atoms with Gasteiger partial charge in [0.25, 0.3) is 0 Å². The number of benzene rings is 1. The molecule has 1 atom stereocenters. The molecule has 1 saturated heterocycles. The molecule has 0 aromatic heterocycles. The lowest BCUT2D eigenvalue weighted by Gasteiger charge is -2.20. The Hall–Kier alpha value is -2.30. The Morgan fingerprint density at radius 3 is 2.76 bits per heavy atom. The van der Waals surface area contributed by atoms with Gasteiger partial charge in [-0.1, -0.05) is 24.8 Å². The van der Waals surface area contributed by atoms with Gasteiger partial charge < -0.3 is 15.0 Å². The molecule has 5 heteroatoms. The molecule has 1 aromatic carbocycles. The molecule has 0 saturated carbocycles. The molecule has 1 heterocycles. The molecule has 2 amide bonds. The van der Waals surface area contributed by atoms with Gasteiger partial charge in [-0.15, -0.1) is 0 Å². The summed E-state index contributed by atoms with van der Waals surface area (Å²) >= 11 is 0. The van der Waals surface area contributed by atoms with Crippen LogP contribution in [0.1, 0.15) is 12.0 Å². The standard InChI is InChI=1S/C16H20N2O3/c1-3-8-21-14-6-4-12(5-7-14)11-18(2)16(20)13-9-15(19)17-10-13/h3-7,13H,1,8-11H2,2H3,(H,17,19). The minimum Gasteiger partial charge on any atom is -0.490 e. The number of carbonyl (C=O) groups is 2. The van der Waals surface area contributed by atoms with Gasteiger partial charge in [-0.3, -0.25) is 9.59 Å². The van der Waals surface area contributed by atoms with Crippen molar-refractivity contribution < 1.29 is 14.3 Å². The Morgan fingerprint density at radius 2 is 2.19 bits per heavy atom. The van der Waals surface area contributed by atoms with Crippen LogP contribution in [-0.2, 0) is 16.1 Å². The van der Waals surface area contributed by atoms with E-state index in [1.165, 1.54) is 0 Å². The second kappa shape index (κ2) is 6.92. The monoisotopic (exact) mass is 288 g/mol. The summed E-state index contributed by atoms with van der Waals surface area (Å²) in [5, 5.41) is 2.69. The van der Waals surface area contributed by atoms with Crippen LogP contribution >= 0.6 is 0 Å². The largest absolute Gasteiger partial charge is 0.490 e. The van der Waals surface area contributed by atoms with E-state index in [1.54, 1.807) is 18.0 Å². The smallest absolute Gasteiger partial charge is 0.228 e. The average molecular weight is 288 g/mol. The van der Waals surface area contributed by atoms with Crippen molar-refractivity contribution in [2.24, 2.45) is 5.92 Å². The maximum absolute atomic E-state index is 12.2. The number of amides is 2. The zero-order valence-corrected chi connectivity index (χ0v) is 12.2. The van der Waals surface area contributed by atoms with Crippen LogP contribution in [0.5, 0.6) is 5.75 Å². The number of hydrogen-bond donors (Lipinski definition) is 1. The highest BCUT2D eigenvalue weighted by Crippen LogP contribution is 2.16. The normalized spacial score (nSPS) is 17.2. The lowest BCUT2D eigenvalue weighted by Crippen LogP contribution is -2.33. The third-order valence-corrected chi connectivity index (χ3v) is 3.41. The van der Waals surface area contributed by atoms with E-state index in [2.05, 4.69) is 11.9 Å². The third-order valence-electron chi connectivity index (χ3n) is 3.41. The molecule has 2 rings (SSSR count). The summed E-state index contributed by atoms with van der Waals surface area (Å²) in [5.74, 6) is 0.488. The minimum absolute atomic E-state index is 0.000309. The van der Waals surface area contributed by atoms with Crippen LogP contribution < -0.4 is 10.1 Å². The molecule has 1 fully saturated rings. The molecular weight excluding hydrogens is 268 g/mol. The van der Waals surface area contributed by atoms with E-state index in [4.69, 9.17) is 4.74 Å². The molecule has 21 heavy (non-hydrogen) atoms. The molecule has 112 valence electrons. The van der Waals surface area contributed by atoms with Gasteiger partial charge in [-0.05, 0) is 17.7 Å². The SMILES string of the molecule is C=CCOc1ccc(CN(C)C(=O)C2CNC(=O)C2)cc1. The van der Waals surface area contributed by atoms with Crippen LogP contribution in [0, 0.1) is 5.92 Å². The molecule has 0 bridgehead atoms. The predicted molar refractivity (Wildman–Crippen MR) is 79.7 cm³/mol. The Morgan fingerprint density at radius 1 is 1.48 bits per heavy atom. The third kappa shape index (κ3) is 4.08. The maximum Gasteiger partial charge on any atom is 0.228 e. The van der Waals surface area contributed by atoms with Crippen molar-refractivity contribution in [1.82, 2.24) is 10.2 Å². The molecule has 1 aliphatic heterocycles. The molecule has 1 unspecified atom stereocenters. The molecule has 0 aliphatic carbocycles. The number of nitrogens with one attached hydrogen (secondary N) is 1. The highest BCUT2D eigenvalue weighted by atomic mass is 16.5.